The third-order valence-corrected chi connectivity index (χ3v) is 3.31. The smallest absolute Gasteiger partial charge is 0.0463 e. The maximum absolute atomic E-state index is 5.88. The van der Waals surface area contributed by atoms with Crippen molar-refractivity contribution in [3.63, 3.8) is 0 Å². The van der Waals surface area contributed by atoms with Crippen LogP contribution in [0.5, 0.6) is 0 Å². The molecule has 0 aliphatic carbocycles. The molecule has 5 N–H and O–H groups in total. The van der Waals surface area contributed by atoms with E-state index in [9.17, 15) is 0 Å². The van der Waals surface area contributed by atoms with Crippen molar-refractivity contribution < 1.29 is 0 Å². The number of hydrogen-bond acceptors (Lipinski definition) is 3. The fourth-order valence-corrected chi connectivity index (χ4v) is 2.27. The minimum atomic E-state index is 0.754. The number of nitrogens with two attached hydrogens (primary N) is 2. The zero-order valence-corrected chi connectivity index (χ0v) is 11.6. The fourth-order valence-electron chi connectivity index (χ4n) is 2.27. The van der Waals surface area contributed by atoms with E-state index in [-0.39, 0.29) is 0 Å². The molecule has 104 valence electrons. The minimum absolute atomic E-state index is 0.754. The first-order chi connectivity index (χ1) is 10.2. The summed E-state index contributed by atoms with van der Waals surface area (Å²) in [5, 5.41) is 3.42. The molecule has 0 saturated heterocycles. The van der Waals surface area contributed by atoms with E-state index in [0.29, 0.717) is 0 Å². The van der Waals surface area contributed by atoms with Crippen LogP contribution < -0.4 is 16.8 Å². The van der Waals surface area contributed by atoms with Crippen molar-refractivity contribution in [2.75, 3.05) is 16.8 Å². The molecule has 0 saturated carbocycles. The van der Waals surface area contributed by atoms with Crippen LogP contribution in [0.4, 0.5) is 22.7 Å². The van der Waals surface area contributed by atoms with Gasteiger partial charge in [0.2, 0.25) is 0 Å². The maximum Gasteiger partial charge on any atom is 0.0463 e. The average molecular weight is 275 g/mol. The van der Waals surface area contributed by atoms with Gasteiger partial charge in [0, 0.05) is 28.3 Å². The summed E-state index contributed by atoms with van der Waals surface area (Å²) in [4.78, 5) is 0. The highest BCUT2D eigenvalue weighted by Crippen LogP contribution is 2.31. The van der Waals surface area contributed by atoms with Crippen LogP contribution in [-0.4, -0.2) is 0 Å². The summed E-state index contributed by atoms with van der Waals surface area (Å²) in [6.07, 6.45) is 0. The Morgan fingerprint density at radius 3 is 2.19 bits per heavy atom. The first-order valence-electron chi connectivity index (χ1n) is 6.80. The topological polar surface area (TPSA) is 64.1 Å². The molecule has 0 atom stereocenters. The second-order valence-corrected chi connectivity index (χ2v) is 4.92. The number of nitrogen functional groups attached to an aromatic ring is 2. The lowest BCUT2D eigenvalue weighted by Crippen LogP contribution is -1.94. The first-order valence-corrected chi connectivity index (χ1v) is 6.80. The van der Waals surface area contributed by atoms with Crippen LogP contribution in [0.1, 0.15) is 0 Å². The molecule has 21 heavy (non-hydrogen) atoms. The largest absolute Gasteiger partial charge is 0.399 e. The van der Waals surface area contributed by atoms with Gasteiger partial charge in [0.05, 0.1) is 0 Å². The molecule has 3 aromatic rings. The summed E-state index contributed by atoms with van der Waals surface area (Å²) in [6, 6.07) is 23.7. The van der Waals surface area contributed by atoms with Crippen LogP contribution in [0.2, 0.25) is 0 Å². The molecule has 0 aromatic heterocycles. The summed E-state index contributed by atoms with van der Waals surface area (Å²) >= 11 is 0. The Morgan fingerprint density at radius 1 is 0.667 bits per heavy atom. The van der Waals surface area contributed by atoms with Gasteiger partial charge in [-0.15, -0.1) is 0 Å². The van der Waals surface area contributed by atoms with Crippen LogP contribution in [0.3, 0.4) is 0 Å². The van der Waals surface area contributed by atoms with Gasteiger partial charge in [-0.1, -0.05) is 30.3 Å². The van der Waals surface area contributed by atoms with Crippen molar-refractivity contribution in [1.29, 1.82) is 0 Å². The van der Waals surface area contributed by atoms with Gasteiger partial charge in [-0.2, -0.15) is 0 Å². The minimum Gasteiger partial charge on any atom is -0.399 e. The number of nitrogens with one attached hydrogen (secondary N) is 1. The maximum atomic E-state index is 5.88. The zero-order valence-electron chi connectivity index (χ0n) is 11.6. The van der Waals surface area contributed by atoms with Crippen molar-refractivity contribution in [2.24, 2.45) is 0 Å². The van der Waals surface area contributed by atoms with Crippen LogP contribution in [-0.2, 0) is 0 Å². The quantitative estimate of drug-likeness (QED) is 0.626. The second kappa shape index (κ2) is 5.59. The Labute approximate surface area is 124 Å². The molecule has 0 radical (unpaired) electrons. The molecular formula is C18H17N3. The van der Waals surface area contributed by atoms with Gasteiger partial charge in [0.15, 0.2) is 0 Å². The van der Waals surface area contributed by atoms with Gasteiger partial charge in [-0.05, 0) is 48.0 Å². The van der Waals surface area contributed by atoms with Crippen LogP contribution in [0, 0.1) is 0 Å². The number of para-hydroxylation sites is 1. The molecule has 0 spiro atoms. The molecule has 0 heterocycles. The Bertz CT molecular complexity index is 748. The standard InChI is InChI=1S/C18H17N3/c19-14-8-10-16(11-9-14)21-18-7-2-1-6-17(18)13-4-3-5-15(20)12-13/h1-12,21H,19-20H2. The summed E-state index contributed by atoms with van der Waals surface area (Å²) < 4.78 is 0. The normalized spacial score (nSPS) is 10.3. The SMILES string of the molecule is Nc1ccc(Nc2ccccc2-c2cccc(N)c2)cc1. The highest BCUT2D eigenvalue weighted by atomic mass is 14.9. The molecule has 3 heteroatoms. The Hall–Kier alpha value is -2.94. The monoisotopic (exact) mass is 275 g/mol. The molecule has 0 fully saturated rings. The lowest BCUT2D eigenvalue weighted by molar-refractivity contribution is 1.53. The Morgan fingerprint density at radius 2 is 1.43 bits per heavy atom. The number of rotatable bonds is 3. The van der Waals surface area contributed by atoms with Gasteiger partial charge < -0.3 is 16.8 Å². The van der Waals surface area contributed by atoms with E-state index in [1.165, 1.54) is 0 Å². The lowest BCUT2D eigenvalue weighted by atomic mass is 10.0. The van der Waals surface area contributed by atoms with Crippen LogP contribution in [0.25, 0.3) is 11.1 Å². The summed E-state index contributed by atoms with van der Waals surface area (Å²) in [6.45, 7) is 0. The molecule has 0 bridgehead atoms. The van der Waals surface area contributed by atoms with Gasteiger partial charge in [-0.25, -0.2) is 0 Å². The van der Waals surface area contributed by atoms with E-state index in [1.807, 2.05) is 54.6 Å². The van der Waals surface area contributed by atoms with E-state index >= 15 is 0 Å². The fraction of sp³-hybridized carbons (Fsp3) is 0. The summed E-state index contributed by atoms with van der Waals surface area (Å²) in [5.74, 6) is 0. The number of hydrogen-bond donors (Lipinski definition) is 3. The van der Waals surface area contributed by atoms with Crippen molar-refractivity contribution in [1.82, 2.24) is 0 Å². The van der Waals surface area contributed by atoms with Crippen molar-refractivity contribution in [2.45, 2.75) is 0 Å². The molecule has 3 rings (SSSR count). The first kappa shape index (κ1) is 13.1. The molecule has 3 aromatic carbocycles. The van der Waals surface area contributed by atoms with Crippen LogP contribution >= 0.6 is 0 Å². The molecular weight excluding hydrogens is 258 g/mol. The van der Waals surface area contributed by atoms with Gasteiger partial charge in [0.1, 0.15) is 0 Å². The predicted octanol–water partition coefficient (Wildman–Crippen LogP) is 4.26. The van der Waals surface area contributed by atoms with Crippen molar-refractivity contribution >= 4 is 22.7 Å². The number of benzene rings is 3. The highest BCUT2D eigenvalue weighted by Gasteiger charge is 2.05. The van der Waals surface area contributed by atoms with Crippen LogP contribution in [0.15, 0.2) is 72.8 Å². The molecule has 0 unspecified atom stereocenters. The third kappa shape index (κ3) is 2.98. The molecule has 0 aliphatic heterocycles. The van der Waals surface area contributed by atoms with E-state index in [4.69, 9.17) is 11.5 Å². The van der Waals surface area contributed by atoms with E-state index < -0.39 is 0 Å². The predicted molar refractivity (Wildman–Crippen MR) is 90.4 cm³/mol. The van der Waals surface area contributed by atoms with Crippen molar-refractivity contribution in [3.8, 4) is 11.1 Å². The average Bonchev–Trinajstić information content (AvgIpc) is 2.50. The van der Waals surface area contributed by atoms with Gasteiger partial charge in [-0.3, -0.25) is 0 Å². The zero-order chi connectivity index (χ0) is 14.7. The third-order valence-electron chi connectivity index (χ3n) is 3.31. The summed E-state index contributed by atoms with van der Waals surface area (Å²) in [7, 11) is 0. The number of anilines is 4. The molecule has 3 nitrogen and oxygen atoms in total. The van der Waals surface area contributed by atoms with Gasteiger partial charge >= 0.3 is 0 Å². The molecule has 0 aliphatic rings. The van der Waals surface area contributed by atoms with E-state index in [0.717, 1.165) is 33.9 Å². The molecule has 0 amide bonds. The summed E-state index contributed by atoms with van der Waals surface area (Å²) in [5.41, 5.74) is 17.3. The Kier molecular flexibility index (Phi) is 3.48. The lowest BCUT2D eigenvalue weighted by Gasteiger charge is -2.13. The van der Waals surface area contributed by atoms with E-state index in [2.05, 4.69) is 23.5 Å². The Balaban J connectivity index is 1.98. The highest BCUT2D eigenvalue weighted by molar-refractivity contribution is 5.82. The second-order valence-electron chi connectivity index (χ2n) is 4.92. The van der Waals surface area contributed by atoms with E-state index in [1.54, 1.807) is 0 Å². The van der Waals surface area contributed by atoms with Crippen molar-refractivity contribution in [3.05, 3.63) is 72.8 Å². The van der Waals surface area contributed by atoms with Gasteiger partial charge in [0.25, 0.3) is 0 Å².